The Morgan fingerprint density at radius 2 is 2.17 bits per heavy atom. The fourth-order valence-electron chi connectivity index (χ4n) is 1.98. The zero-order chi connectivity index (χ0) is 13.7. The summed E-state index contributed by atoms with van der Waals surface area (Å²) in [5.74, 6) is 0.0509. The van der Waals surface area contributed by atoms with Gasteiger partial charge in [0.2, 0.25) is 0 Å². The highest BCUT2D eigenvalue weighted by Crippen LogP contribution is 2.12. The van der Waals surface area contributed by atoms with E-state index in [-0.39, 0.29) is 11.9 Å². The fourth-order valence-corrected chi connectivity index (χ4v) is 2.35. The summed E-state index contributed by atoms with van der Waals surface area (Å²) in [5, 5.41) is 0. The summed E-state index contributed by atoms with van der Waals surface area (Å²) < 4.78 is 0.685. The van der Waals surface area contributed by atoms with Crippen molar-refractivity contribution in [3.8, 4) is 0 Å². The monoisotopic (exact) mass is 313 g/mol. The molecule has 1 rings (SSSR count). The molecule has 18 heavy (non-hydrogen) atoms. The van der Waals surface area contributed by atoms with E-state index in [0.29, 0.717) is 16.7 Å². The number of halogens is 1. The molecule has 100 valence electrons. The van der Waals surface area contributed by atoms with Crippen LogP contribution in [0.25, 0.3) is 0 Å². The first-order chi connectivity index (χ1) is 8.45. The summed E-state index contributed by atoms with van der Waals surface area (Å²) in [7, 11) is 4.02. The van der Waals surface area contributed by atoms with E-state index in [0.717, 1.165) is 6.54 Å². The van der Waals surface area contributed by atoms with Gasteiger partial charge in [-0.15, -0.1) is 0 Å². The lowest BCUT2D eigenvalue weighted by Gasteiger charge is -2.30. The number of hydrogen-bond acceptors (Lipinski definition) is 3. The molecule has 1 unspecified atom stereocenters. The second kappa shape index (κ2) is 6.85. The molecule has 0 radical (unpaired) electrons. The number of nitrogens with zero attached hydrogens (tertiary/aromatic N) is 3. The highest BCUT2D eigenvalue weighted by molar-refractivity contribution is 9.10. The lowest BCUT2D eigenvalue weighted by Crippen LogP contribution is -2.43. The number of likely N-dealkylation sites (N-methyl/N-ethyl adjacent to an activating group) is 2. The van der Waals surface area contributed by atoms with E-state index in [1.165, 1.54) is 0 Å². The molecule has 0 spiro atoms. The van der Waals surface area contributed by atoms with Gasteiger partial charge in [-0.3, -0.25) is 4.79 Å². The van der Waals surface area contributed by atoms with Crippen LogP contribution in [0.5, 0.6) is 0 Å². The Balaban J connectivity index is 2.85. The van der Waals surface area contributed by atoms with Crippen molar-refractivity contribution in [3.05, 3.63) is 28.5 Å². The second-order valence-corrected chi connectivity index (χ2v) is 5.38. The maximum Gasteiger partial charge on any atom is 0.254 e. The van der Waals surface area contributed by atoms with E-state index in [9.17, 15) is 4.79 Å². The van der Waals surface area contributed by atoms with Crippen LogP contribution in [0.15, 0.2) is 22.9 Å². The molecule has 0 fully saturated rings. The maximum absolute atomic E-state index is 12.4. The molecular formula is C13H20BrN3O. The van der Waals surface area contributed by atoms with Gasteiger partial charge in [0.1, 0.15) is 4.60 Å². The Bertz CT molecular complexity index is 409. The molecule has 1 amide bonds. The van der Waals surface area contributed by atoms with Crippen LogP contribution in [0.1, 0.15) is 24.2 Å². The van der Waals surface area contributed by atoms with Crippen molar-refractivity contribution in [3.63, 3.8) is 0 Å². The summed E-state index contributed by atoms with van der Waals surface area (Å²) in [6, 6.07) is 3.69. The second-order valence-electron chi connectivity index (χ2n) is 4.57. The van der Waals surface area contributed by atoms with Crippen molar-refractivity contribution >= 4 is 21.8 Å². The summed E-state index contributed by atoms with van der Waals surface area (Å²) >= 11 is 3.29. The van der Waals surface area contributed by atoms with Gasteiger partial charge in [-0.05, 0) is 56.0 Å². The van der Waals surface area contributed by atoms with Gasteiger partial charge in [0, 0.05) is 30.9 Å². The third-order valence-corrected chi connectivity index (χ3v) is 3.17. The van der Waals surface area contributed by atoms with Crippen LogP contribution < -0.4 is 0 Å². The van der Waals surface area contributed by atoms with E-state index in [1.807, 2.05) is 25.9 Å². The standard InChI is InChI=1S/C13H20BrN3O/c1-5-17(10(2)9-16(3)4)13(18)11-6-7-15-12(14)8-11/h6-8,10H,5,9H2,1-4H3. The molecule has 4 nitrogen and oxygen atoms in total. The van der Waals surface area contributed by atoms with Crippen LogP contribution in [-0.4, -0.2) is 53.9 Å². The summed E-state index contributed by atoms with van der Waals surface area (Å²) in [6.07, 6.45) is 1.64. The minimum atomic E-state index is 0.0509. The maximum atomic E-state index is 12.4. The molecular weight excluding hydrogens is 294 g/mol. The molecule has 1 aromatic heterocycles. The number of carbonyl (C=O) groups excluding carboxylic acids is 1. The van der Waals surface area contributed by atoms with Crippen molar-refractivity contribution in [2.75, 3.05) is 27.2 Å². The number of amides is 1. The number of carbonyl (C=O) groups is 1. The molecule has 0 saturated heterocycles. The van der Waals surface area contributed by atoms with Gasteiger partial charge in [0.15, 0.2) is 0 Å². The number of rotatable bonds is 5. The molecule has 1 atom stereocenters. The first kappa shape index (κ1) is 15.1. The normalized spacial score (nSPS) is 12.6. The number of pyridine rings is 1. The molecule has 0 aliphatic rings. The first-order valence-corrected chi connectivity index (χ1v) is 6.82. The van der Waals surface area contributed by atoms with Crippen molar-refractivity contribution in [2.45, 2.75) is 19.9 Å². The average Bonchev–Trinajstić information content (AvgIpc) is 2.28. The minimum Gasteiger partial charge on any atom is -0.335 e. The van der Waals surface area contributed by atoms with Gasteiger partial charge in [0.25, 0.3) is 5.91 Å². The van der Waals surface area contributed by atoms with Crippen molar-refractivity contribution in [2.24, 2.45) is 0 Å². The minimum absolute atomic E-state index is 0.0509. The lowest BCUT2D eigenvalue weighted by atomic mass is 10.2. The van der Waals surface area contributed by atoms with Gasteiger partial charge in [-0.2, -0.15) is 0 Å². The average molecular weight is 314 g/mol. The molecule has 0 bridgehead atoms. The third kappa shape index (κ3) is 4.07. The topological polar surface area (TPSA) is 36.4 Å². The molecule has 5 heteroatoms. The molecule has 0 aliphatic heterocycles. The van der Waals surface area contributed by atoms with Gasteiger partial charge in [-0.1, -0.05) is 0 Å². The Hall–Kier alpha value is -0.940. The molecule has 0 N–H and O–H groups in total. The Morgan fingerprint density at radius 3 is 2.67 bits per heavy atom. The summed E-state index contributed by atoms with van der Waals surface area (Å²) in [4.78, 5) is 20.4. The summed E-state index contributed by atoms with van der Waals surface area (Å²) in [5.41, 5.74) is 0.671. The predicted molar refractivity (Wildman–Crippen MR) is 76.7 cm³/mol. The van der Waals surface area contributed by atoms with E-state index in [1.54, 1.807) is 18.3 Å². The molecule has 0 saturated carbocycles. The van der Waals surface area contributed by atoms with Crippen molar-refractivity contribution < 1.29 is 4.79 Å². The highest BCUT2D eigenvalue weighted by atomic mass is 79.9. The highest BCUT2D eigenvalue weighted by Gasteiger charge is 2.20. The van der Waals surface area contributed by atoms with Crippen LogP contribution in [0.4, 0.5) is 0 Å². The van der Waals surface area contributed by atoms with E-state index in [2.05, 4.69) is 32.7 Å². The van der Waals surface area contributed by atoms with Gasteiger partial charge in [-0.25, -0.2) is 4.98 Å². The SMILES string of the molecule is CCN(C(=O)c1ccnc(Br)c1)C(C)CN(C)C. The van der Waals surface area contributed by atoms with Gasteiger partial charge in [0.05, 0.1) is 0 Å². The molecule has 0 aliphatic carbocycles. The third-order valence-electron chi connectivity index (χ3n) is 2.74. The van der Waals surface area contributed by atoms with Crippen molar-refractivity contribution in [1.82, 2.24) is 14.8 Å². The van der Waals surface area contributed by atoms with E-state index >= 15 is 0 Å². The van der Waals surface area contributed by atoms with Crippen LogP contribution >= 0.6 is 15.9 Å². The van der Waals surface area contributed by atoms with Gasteiger partial charge >= 0.3 is 0 Å². The summed E-state index contributed by atoms with van der Waals surface area (Å²) in [6.45, 7) is 5.62. The zero-order valence-corrected chi connectivity index (χ0v) is 12.9. The lowest BCUT2D eigenvalue weighted by molar-refractivity contribution is 0.0679. The smallest absolute Gasteiger partial charge is 0.254 e. The Labute approximate surface area is 117 Å². The number of hydrogen-bond donors (Lipinski definition) is 0. The van der Waals surface area contributed by atoms with Crippen LogP contribution in [-0.2, 0) is 0 Å². The number of aromatic nitrogens is 1. The van der Waals surface area contributed by atoms with Crippen LogP contribution in [0, 0.1) is 0 Å². The fraction of sp³-hybridized carbons (Fsp3) is 0.538. The molecule has 1 heterocycles. The molecule has 0 aromatic carbocycles. The zero-order valence-electron chi connectivity index (χ0n) is 11.4. The van der Waals surface area contributed by atoms with E-state index in [4.69, 9.17) is 0 Å². The van der Waals surface area contributed by atoms with Crippen LogP contribution in [0.3, 0.4) is 0 Å². The van der Waals surface area contributed by atoms with Crippen molar-refractivity contribution in [1.29, 1.82) is 0 Å². The Morgan fingerprint density at radius 1 is 1.50 bits per heavy atom. The largest absolute Gasteiger partial charge is 0.335 e. The first-order valence-electron chi connectivity index (χ1n) is 6.03. The Kier molecular flexibility index (Phi) is 5.75. The van der Waals surface area contributed by atoms with Crippen LogP contribution in [0.2, 0.25) is 0 Å². The predicted octanol–water partition coefficient (Wildman–Crippen LogP) is 2.26. The van der Waals surface area contributed by atoms with Gasteiger partial charge < -0.3 is 9.80 Å². The quantitative estimate of drug-likeness (QED) is 0.782. The molecule has 1 aromatic rings. The van der Waals surface area contributed by atoms with E-state index < -0.39 is 0 Å².